The number of carbonyl (C=O) groups is 6. The van der Waals surface area contributed by atoms with Crippen LogP contribution in [0.4, 0.5) is 26.3 Å². The Labute approximate surface area is 543 Å². The molecule has 0 saturated carbocycles. The molecule has 2 heterocycles. The summed E-state index contributed by atoms with van der Waals surface area (Å²) in [6.07, 6.45) is -8.08. The molecule has 29 heteroatoms. The van der Waals surface area contributed by atoms with Gasteiger partial charge in [-0.25, -0.2) is 16.0 Å². The lowest BCUT2D eigenvalue weighted by molar-refractivity contribution is -0.173. The number of aryl methyl sites for hydroxylation is 1. The predicted octanol–water partition coefficient (Wildman–Crippen LogP) is 13.6. The van der Waals surface area contributed by atoms with Gasteiger partial charge in [0.05, 0.1) is 47.1 Å². The molecule has 3 N–H and O–H groups in total. The number of ether oxygens (including phenoxy) is 4. The lowest BCUT2D eigenvalue weighted by Crippen LogP contribution is -2.37. The van der Waals surface area contributed by atoms with Crippen LogP contribution in [0.25, 0.3) is 15.6 Å². The minimum absolute atomic E-state index is 0.0119. The Balaban J connectivity index is 1.41. The molecule has 0 fully saturated rings. The second kappa shape index (κ2) is 32.3. The van der Waals surface area contributed by atoms with Crippen molar-refractivity contribution >= 4 is 79.4 Å². The summed E-state index contributed by atoms with van der Waals surface area (Å²) in [4.78, 5) is 82.5. The quantitative estimate of drug-likeness (QED) is 0.0103. The molecule has 0 aromatic heterocycles. The Hall–Kier alpha value is -6.42. The first kappa shape index (κ1) is 75.6. The molecule has 6 rings (SSSR count). The Morgan fingerprint density at radius 2 is 1.24 bits per heavy atom. The molecule has 0 radical (unpaired) electrons. The van der Waals surface area contributed by atoms with Gasteiger partial charge in [-0.3, -0.25) is 28.5 Å². The number of rotatable bonds is 32. The van der Waals surface area contributed by atoms with Gasteiger partial charge in [0, 0.05) is 60.7 Å². The largest absolute Gasteiger partial charge is 0.471 e. The molecule has 4 aromatic carbocycles. The van der Waals surface area contributed by atoms with E-state index in [1.165, 1.54) is 30.3 Å². The van der Waals surface area contributed by atoms with Crippen LogP contribution in [0.5, 0.6) is 23.0 Å². The van der Waals surface area contributed by atoms with Crippen molar-refractivity contribution in [1.82, 2.24) is 20.6 Å². The van der Waals surface area contributed by atoms with Gasteiger partial charge < -0.3 is 57.8 Å². The Morgan fingerprint density at radius 1 is 0.699 bits per heavy atom. The van der Waals surface area contributed by atoms with Crippen LogP contribution < -0.4 is 35.5 Å². The molecule has 2 unspecified atom stereocenters. The number of hydrogen-bond acceptors (Lipinski definition) is 16. The fourth-order valence-electron chi connectivity index (χ4n) is 9.93. The van der Waals surface area contributed by atoms with E-state index in [1.807, 2.05) is 0 Å². The van der Waals surface area contributed by atoms with Gasteiger partial charge in [-0.1, -0.05) is 48.7 Å². The van der Waals surface area contributed by atoms with E-state index in [0.717, 1.165) is 19.3 Å². The van der Waals surface area contributed by atoms with Crippen molar-refractivity contribution in [2.24, 2.45) is 10.8 Å². The Morgan fingerprint density at radius 3 is 1.81 bits per heavy atom. The molecular formula is C64H80ClF6N5O15P2. The van der Waals surface area contributed by atoms with Crippen molar-refractivity contribution < 1.29 is 96.7 Å². The highest BCUT2D eigenvalue weighted by Gasteiger charge is 2.57. The van der Waals surface area contributed by atoms with Crippen molar-refractivity contribution in [2.75, 3.05) is 52.6 Å². The first-order chi connectivity index (χ1) is 43.6. The summed E-state index contributed by atoms with van der Waals surface area (Å²) in [6.45, 7) is 24.6. The molecule has 0 aliphatic carbocycles. The summed E-state index contributed by atoms with van der Waals surface area (Å²) in [5.41, 5.74) is -4.10. The van der Waals surface area contributed by atoms with Gasteiger partial charge in [-0.15, -0.1) is 0 Å². The molecule has 2 aliphatic heterocycles. The number of unbranched alkanes of at least 4 members (excludes halogenated alkanes) is 5. The van der Waals surface area contributed by atoms with E-state index in [1.54, 1.807) is 76.4 Å². The topological polar surface area (TPSA) is 237 Å². The highest BCUT2D eigenvalue weighted by molar-refractivity contribution is 7.62. The van der Waals surface area contributed by atoms with Crippen molar-refractivity contribution in [3.05, 3.63) is 98.9 Å². The minimum atomic E-state index is -5.15. The van der Waals surface area contributed by atoms with Crippen molar-refractivity contribution in [3.63, 3.8) is 0 Å². The zero-order valence-electron chi connectivity index (χ0n) is 53.6. The van der Waals surface area contributed by atoms with Crippen molar-refractivity contribution in [1.29, 1.82) is 0 Å². The summed E-state index contributed by atoms with van der Waals surface area (Å²) in [7, 11) is -6.08. The van der Waals surface area contributed by atoms with E-state index in [9.17, 15) is 55.1 Å². The van der Waals surface area contributed by atoms with Crippen LogP contribution in [0.2, 0.25) is 5.02 Å². The molecule has 0 saturated heterocycles. The smallest absolute Gasteiger partial charge is 0.455 e. The van der Waals surface area contributed by atoms with Gasteiger partial charge in [-0.05, 0) is 149 Å². The average molecular weight is 1370 g/mol. The molecule has 0 bridgehead atoms. The zero-order chi connectivity index (χ0) is 68.9. The van der Waals surface area contributed by atoms with E-state index >= 15 is 4.57 Å². The van der Waals surface area contributed by atoms with E-state index in [0.29, 0.717) is 30.3 Å². The van der Waals surface area contributed by atoms with E-state index in [2.05, 4.69) is 42.5 Å². The van der Waals surface area contributed by atoms with E-state index in [-0.39, 0.29) is 131 Å². The molecule has 510 valence electrons. The number of nitrogens with one attached hydrogen (secondary N) is 3. The van der Waals surface area contributed by atoms with Crippen LogP contribution in [-0.4, -0.2) is 117 Å². The lowest BCUT2D eigenvalue weighted by Gasteiger charge is -2.39. The van der Waals surface area contributed by atoms with Gasteiger partial charge in [-0.2, -0.15) is 26.3 Å². The fraction of sp³-hybridized carbons (Fsp3) is 0.547. The normalized spacial score (nSPS) is 15.1. The molecular weight excluding hydrogens is 1290 g/mol. The number of benzene rings is 4. The third-order valence-electron chi connectivity index (χ3n) is 14.6. The lowest BCUT2D eigenvalue weighted by atomic mass is 9.75. The number of alkyl halides is 6. The maximum absolute atomic E-state index is 15.4. The van der Waals surface area contributed by atoms with Crippen LogP contribution in [0.15, 0.2) is 54.6 Å². The SMILES string of the molecule is [C-]#[N+]CCOP(OCCCCCCNC(=O)CCc1cc2c(c(Cl)c1OC(=O)C(C)(C)C)Oc1cc(OC(=O)C(C)(C)C)c3ccccc3c1C21OC(=O)c2ccc(P(=O)(OCCCCNC(=O)C(F)(F)F)OCCCCNC(=O)C(F)(F)F)cc21)N(C(C)C)C(C)C. The minimum Gasteiger partial charge on any atom is -0.455 e. The maximum Gasteiger partial charge on any atom is 0.471 e. The van der Waals surface area contributed by atoms with Crippen molar-refractivity contribution in [2.45, 2.75) is 163 Å². The van der Waals surface area contributed by atoms with Gasteiger partial charge in [0.15, 0.2) is 17.1 Å². The van der Waals surface area contributed by atoms with E-state index < -0.39 is 101 Å². The summed E-state index contributed by atoms with van der Waals surface area (Å²) >= 11 is 7.45. The third kappa shape index (κ3) is 19.4. The highest BCUT2D eigenvalue weighted by atomic mass is 35.5. The zero-order valence-corrected chi connectivity index (χ0v) is 56.2. The second-order valence-electron chi connectivity index (χ2n) is 24.7. The molecule has 1 spiro atoms. The number of nitrogens with zero attached hydrogens (tertiary/aromatic N) is 2. The standard InChI is InChI=1S/C64H80ClF6N5O15P2/c1-39(2)76(40(3)4)92(85-35-31-72-11)84-32-19-13-12-16-28-73-50(77)27-24-41-36-47-54(52(65)53(41)90-59(82)61(8,9)10)88-49-38-48(89-58(81)60(5,6)7)43-22-14-15-23-44(43)51(49)62(47)46-37-42(25-26-45(46)55(78)91-62)93(83,86-33-20-17-29-74-56(79)63(66,67)68)87-34-21-18-30-75-57(80)64(69,70)71/h14-15,22-23,25-26,36-40H,12-13,16-21,24,27-35H2,1-10H3,(H,73,77)(H,74,79)(H,75,80). The molecule has 3 amide bonds. The number of amides is 3. The van der Waals surface area contributed by atoms with Crippen LogP contribution >= 0.6 is 27.7 Å². The first-order valence-corrected chi connectivity index (χ1v) is 33.6. The molecule has 93 heavy (non-hydrogen) atoms. The molecule has 20 nitrogen and oxygen atoms in total. The van der Waals surface area contributed by atoms with Gasteiger partial charge in [0.1, 0.15) is 23.1 Å². The fourth-order valence-corrected chi connectivity index (χ4v) is 13.5. The Bertz CT molecular complexity index is 3410. The van der Waals surface area contributed by atoms with Gasteiger partial charge in [0.2, 0.25) is 12.5 Å². The third-order valence-corrected chi connectivity index (χ3v) is 19.0. The summed E-state index contributed by atoms with van der Waals surface area (Å²) in [5, 5.41) is 6.54. The number of esters is 3. The number of halogens is 7. The Kier molecular flexibility index (Phi) is 26.3. The first-order valence-electron chi connectivity index (χ1n) is 30.5. The molecule has 4 aromatic rings. The van der Waals surface area contributed by atoms with Crippen LogP contribution in [0, 0.1) is 17.4 Å². The summed E-state index contributed by atoms with van der Waals surface area (Å²) in [5.74, 6) is -7.51. The van der Waals surface area contributed by atoms with Crippen LogP contribution in [0.3, 0.4) is 0 Å². The number of fused-ring (bicyclic) bond motifs is 8. The molecule has 2 aliphatic rings. The second-order valence-corrected chi connectivity index (χ2v) is 28.6. The van der Waals surface area contributed by atoms with Crippen LogP contribution in [0.1, 0.15) is 160 Å². The highest BCUT2D eigenvalue weighted by Crippen LogP contribution is 2.63. The van der Waals surface area contributed by atoms with Gasteiger partial charge in [0.25, 0.3) is 8.53 Å². The number of carbonyl (C=O) groups excluding carboxylic acids is 6. The van der Waals surface area contributed by atoms with Crippen molar-refractivity contribution in [3.8, 4) is 23.0 Å². The predicted molar refractivity (Wildman–Crippen MR) is 335 cm³/mol. The monoisotopic (exact) mass is 1370 g/mol. The summed E-state index contributed by atoms with van der Waals surface area (Å²) in [6, 6.07) is 13.7. The van der Waals surface area contributed by atoms with E-state index in [4.69, 9.17) is 55.2 Å². The average Bonchev–Trinajstić information content (AvgIpc) is 1.64. The van der Waals surface area contributed by atoms with Crippen LogP contribution in [-0.2, 0) is 63.4 Å². The summed E-state index contributed by atoms with van der Waals surface area (Å²) < 4.78 is 145. The maximum atomic E-state index is 15.4. The number of hydrogen-bond donors (Lipinski definition) is 3. The molecule has 2 atom stereocenters. The van der Waals surface area contributed by atoms with Gasteiger partial charge >= 0.3 is 49.7 Å².